The van der Waals surface area contributed by atoms with E-state index in [0.29, 0.717) is 24.4 Å². The highest BCUT2D eigenvalue weighted by Crippen LogP contribution is 2.38. The van der Waals surface area contributed by atoms with Crippen LogP contribution in [0.15, 0.2) is 54.2 Å². The van der Waals surface area contributed by atoms with Crippen LogP contribution in [-0.2, 0) is 16.0 Å². The predicted molar refractivity (Wildman–Crippen MR) is 118 cm³/mol. The zero-order valence-corrected chi connectivity index (χ0v) is 17.7. The molecule has 0 atom stereocenters. The third-order valence-electron chi connectivity index (χ3n) is 5.91. The number of unbranched alkanes of at least 4 members (excludes halogenated alkanes) is 3. The summed E-state index contributed by atoms with van der Waals surface area (Å²) in [6.07, 6.45) is 4.96. The van der Waals surface area contributed by atoms with Crippen molar-refractivity contribution in [2.45, 2.75) is 39.0 Å². The molecule has 0 saturated heterocycles. The average molecular weight is 405 g/mol. The molecule has 0 N–H and O–H groups in total. The molecule has 2 aromatic rings. The fourth-order valence-electron chi connectivity index (χ4n) is 4.30. The van der Waals surface area contributed by atoms with Crippen molar-refractivity contribution in [3.63, 3.8) is 0 Å². The molecule has 0 spiro atoms. The van der Waals surface area contributed by atoms with E-state index < -0.39 is 0 Å². The normalized spacial score (nSPS) is 15.9. The Bertz CT molecular complexity index is 978. The van der Waals surface area contributed by atoms with E-state index in [1.54, 1.807) is 7.11 Å². The molecule has 2 aliphatic heterocycles. The van der Waals surface area contributed by atoms with Crippen molar-refractivity contribution in [2.75, 3.05) is 25.1 Å². The van der Waals surface area contributed by atoms with E-state index in [-0.39, 0.29) is 11.8 Å². The maximum absolute atomic E-state index is 13.5. The first-order valence-corrected chi connectivity index (χ1v) is 10.8. The van der Waals surface area contributed by atoms with Crippen LogP contribution in [0.1, 0.15) is 43.7 Å². The molecular weight excluding hydrogens is 376 g/mol. The molecule has 0 aromatic heterocycles. The molecule has 0 bridgehead atoms. The first kappa shape index (κ1) is 20.2. The van der Waals surface area contributed by atoms with Crippen LogP contribution >= 0.6 is 0 Å². The van der Waals surface area contributed by atoms with Crippen LogP contribution in [0.2, 0.25) is 0 Å². The lowest BCUT2D eigenvalue weighted by atomic mass is 10.0. The Kier molecular flexibility index (Phi) is 5.88. The molecule has 0 unspecified atom stereocenters. The summed E-state index contributed by atoms with van der Waals surface area (Å²) in [6.45, 7) is 3.33. The number of para-hydroxylation sites is 1. The second kappa shape index (κ2) is 8.74. The van der Waals surface area contributed by atoms with Gasteiger partial charge in [0.15, 0.2) is 0 Å². The summed E-state index contributed by atoms with van der Waals surface area (Å²) in [7, 11) is 1.61. The number of hydrogen-bond donors (Lipinski definition) is 0. The second-order valence-electron chi connectivity index (χ2n) is 7.81. The van der Waals surface area contributed by atoms with Gasteiger partial charge in [-0.2, -0.15) is 0 Å². The molecule has 5 nitrogen and oxygen atoms in total. The molecule has 30 heavy (non-hydrogen) atoms. The van der Waals surface area contributed by atoms with Crippen molar-refractivity contribution in [1.82, 2.24) is 4.90 Å². The van der Waals surface area contributed by atoms with Gasteiger partial charge >= 0.3 is 0 Å². The Labute approximate surface area is 177 Å². The zero-order valence-electron chi connectivity index (χ0n) is 17.7. The molecule has 156 valence electrons. The molecule has 5 heteroatoms. The molecule has 0 fully saturated rings. The maximum atomic E-state index is 13.5. The van der Waals surface area contributed by atoms with Gasteiger partial charge in [-0.3, -0.25) is 14.5 Å². The minimum Gasteiger partial charge on any atom is -0.497 e. The van der Waals surface area contributed by atoms with Gasteiger partial charge in [-0.15, -0.1) is 0 Å². The summed E-state index contributed by atoms with van der Waals surface area (Å²) < 4.78 is 5.26. The van der Waals surface area contributed by atoms with Crippen LogP contribution in [0.3, 0.4) is 0 Å². The molecule has 2 aliphatic rings. The fourth-order valence-corrected chi connectivity index (χ4v) is 4.30. The molecule has 0 aliphatic carbocycles. The van der Waals surface area contributed by atoms with Gasteiger partial charge in [-0.05, 0) is 42.2 Å². The van der Waals surface area contributed by atoms with Crippen LogP contribution < -0.4 is 9.64 Å². The van der Waals surface area contributed by atoms with Gasteiger partial charge in [0.1, 0.15) is 11.4 Å². The van der Waals surface area contributed by atoms with Crippen molar-refractivity contribution in [3.8, 4) is 5.75 Å². The minimum absolute atomic E-state index is 0.181. The molecule has 2 aromatic carbocycles. The largest absolute Gasteiger partial charge is 0.497 e. The predicted octanol–water partition coefficient (Wildman–Crippen LogP) is 4.42. The SMILES string of the molecule is CCCCCCN1C(=O)C(c2ccc(OC)cc2)=C(N2CCc3ccccc32)C1=O. The van der Waals surface area contributed by atoms with Crippen LogP contribution in [0, 0.1) is 0 Å². The Morgan fingerprint density at radius 2 is 1.70 bits per heavy atom. The summed E-state index contributed by atoms with van der Waals surface area (Å²) >= 11 is 0. The number of rotatable bonds is 8. The van der Waals surface area contributed by atoms with Gasteiger partial charge < -0.3 is 9.64 Å². The monoisotopic (exact) mass is 404 g/mol. The lowest BCUT2D eigenvalue weighted by Crippen LogP contribution is -2.35. The highest BCUT2D eigenvalue weighted by Gasteiger charge is 2.42. The molecule has 2 amide bonds. The summed E-state index contributed by atoms with van der Waals surface area (Å²) in [5, 5.41) is 0. The zero-order chi connectivity index (χ0) is 21.1. The Morgan fingerprint density at radius 3 is 2.43 bits per heavy atom. The van der Waals surface area contributed by atoms with Crippen molar-refractivity contribution in [3.05, 3.63) is 65.4 Å². The van der Waals surface area contributed by atoms with Gasteiger partial charge in [0, 0.05) is 18.8 Å². The van der Waals surface area contributed by atoms with Crippen LogP contribution in [0.25, 0.3) is 5.57 Å². The van der Waals surface area contributed by atoms with Crippen molar-refractivity contribution < 1.29 is 14.3 Å². The summed E-state index contributed by atoms with van der Waals surface area (Å²) in [6, 6.07) is 15.5. The summed E-state index contributed by atoms with van der Waals surface area (Å²) in [5.74, 6) is 0.348. The van der Waals surface area contributed by atoms with Crippen LogP contribution in [0.5, 0.6) is 5.75 Å². The van der Waals surface area contributed by atoms with Gasteiger partial charge in [0.2, 0.25) is 0 Å². The molecule has 0 saturated carbocycles. The van der Waals surface area contributed by atoms with Crippen molar-refractivity contribution in [1.29, 1.82) is 0 Å². The van der Waals surface area contributed by atoms with Crippen LogP contribution in [0.4, 0.5) is 5.69 Å². The van der Waals surface area contributed by atoms with Crippen molar-refractivity contribution in [2.24, 2.45) is 0 Å². The first-order chi connectivity index (χ1) is 14.7. The lowest BCUT2D eigenvalue weighted by molar-refractivity contribution is -0.136. The smallest absolute Gasteiger partial charge is 0.278 e. The van der Waals surface area contributed by atoms with E-state index in [9.17, 15) is 9.59 Å². The highest BCUT2D eigenvalue weighted by molar-refractivity contribution is 6.36. The third kappa shape index (κ3) is 3.60. The van der Waals surface area contributed by atoms with Gasteiger partial charge in [-0.1, -0.05) is 56.5 Å². The van der Waals surface area contributed by atoms with E-state index in [0.717, 1.165) is 49.1 Å². The number of anilines is 1. The molecular formula is C25H28N2O3. The minimum atomic E-state index is -0.193. The van der Waals surface area contributed by atoms with Gasteiger partial charge in [-0.25, -0.2) is 0 Å². The summed E-state index contributed by atoms with van der Waals surface area (Å²) in [4.78, 5) is 30.3. The van der Waals surface area contributed by atoms with E-state index in [4.69, 9.17) is 4.74 Å². The molecule has 0 radical (unpaired) electrons. The first-order valence-electron chi connectivity index (χ1n) is 10.8. The van der Waals surface area contributed by atoms with Crippen LogP contribution in [-0.4, -0.2) is 36.9 Å². The van der Waals surface area contributed by atoms with Gasteiger partial charge in [0.25, 0.3) is 11.8 Å². The van der Waals surface area contributed by atoms with E-state index >= 15 is 0 Å². The number of amides is 2. The fraction of sp³-hybridized carbons (Fsp3) is 0.360. The number of nitrogens with zero attached hydrogens (tertiary/aromatic N) is 2. The molecule has 2 heterocycles. The number of fused-ring (bicyclic) bond motifs is 1. The van der Waals surface area contributed by atoms with Gasteiger partial charge in [0.05, 0.1) is 12.7 Å². The number of ether oxygens (including phenoxy) is 1. The third-order valence-corrected chi connectivity index (χ3v) is 5.91. The number of carbonyl (C=O) groups excluding carboxylic acids is 2. The topological polar surface area (TPSA) is 49.9 Å². The lowest BCUT2D eigenvalue weighted by Gasteiger charge is -2.21. The van der Waals surface area contributed by atoms with E-state index in [1.165, 1.54) is 10.5 Å². The number of benzene rings is 2. The quantitative estimate of drug-likeness (QED) is 0.483. The standard InChI is InChI=1S/C25H28N2O3/c1-3-4-5-8-16-27-24(28)22(19-11-13-20(30-2)14-12-19)23(25(27)29)26-17-15-18-9-6-7-10-21(18)26/h6-7,9-14H,3-5,8,15-17H2,1-2H3. The average Bonchev–Trinajstić information content (AvgIpc) is 3.30. The number of imide groups is 1. The van der Waals surface area contributed by atoms with E-state index in [2.05, 4.69) is 13.0 Å². The second-order valence-corrected chi connectivity index (χ2v) is 7.81. The van der Waals surface area contributed by atoms with E-state index in [1.807, 2.05) is 47.4 Å². The Morgan fingerprint density at radius 1 is 0.933 bits per heavy atom. The molecule has 4 rings (SSSR count). The van der Waals surface area contributed by atoms with Crippen molar-refractivity contribution >= 4 is 23.1 Å². The number of carbonyl (C=O) groups is 2. The Balaban J connectivity index is 1.73. The Hall–Kier alpha value is -3.08. The highest BCUT2D eigenvalue weighted by atomic mass is 16.5. The number of hydrogen-bond acceptors (Lipinski definition) is 4. The summed E-state index contributed by atoms with van der Waals surface area (Å²) in [5.41, 5.74) is 3.98. The number of methoxy groups -OCH3 is 1. The maximum Gasteiger partial charge on any atom is 0.278 e.